The first kappa shape index (κ1) is 20.9. The molecular weight excluding hydrogens is 424 g/mol. The van der Waals surface area contributed by atoms with Crippen LogP contribution in [0.25, 0.3) is 11.5 Å². The lowest BCUT2D eigenvalue weighted by Crippen LogP contribution is -2.10. The molecule has 4 rings (SSSR count). The molecule has 2 heterocycles. The second kappa shape index (κ2) is 8.76. The van der Waals surface area contributed by atoms with Crippen LogP contribution in [0.3, 0.4) is 0 Å². The van der Waals surface area contributed by atoms with Gasteiger partial charge in [-0.05, 0) is 48.0 Å². The number of nitrogens with two attached hydrogens (primary N) is 1. The van der Waals surface area contributed by atoms with Gasteiger partial charge in [-0.3, -0.25) is 0 Å². The molecule has 0 aromatic heterocycles. The summed E-state index contributed by atoms with van der Waals surface area (Å²) in [6.07, 6.45) is 1.78. The highest BCUT2D eigenvalue weighted by atomic mass is 32.2. The van der Waals surface area contributed by atoms with Gasteiger partial charge in [0.2, 0.25) is 0 Å². The van der Waals surface area contributed by atoms with Crippen molar-refractivity contribution in [3.8, 4) is 23.0 Å². The zero-order valence-corrected chi connectivity index (χ0v) is 17.6. The van der Waals surface area contributed by atoms with E-state index in [1.54, 1.807) is 37.0 Å². The van der Waals surface area contributed by atoms with E-state index >= 15 is 0 Å². The number of fused-ring (bicyclic) bond motifs is 1. The lowest BCUT2D eigenvalue weighted by atomic mass is 10.1. The van der Waals surface area contributed by atoms with Gasteiger partial charge < -0.3 is 19.8 Å². The van der Waals surface area contributed by atoms with Gasteiger partial charge in [-0.25, -0.2) is 23.7 Å². The molecule has 0 spiro atoms. The maximum absolute atomic E-state index is 14.0. The molecule has 0 aliphatic carbocycles. The number of ether oxygens (including phenoxy) is 2. The first-order valence-corrected chi connectivity index (χ1v) is 10.1. The number of hydrogen-bond donors (Lipinski definition) is 1. The Morgan fingerprint density at radius 2 is 1.94 bits per heavy atom. The Balaban J connectivity index is 1.64. The molecule has 0 saturated heterocycles. The molecule has 2 N–H and O–H groups in total. The van der Waals surface area contributed by atoms with E-state index in [2.05, 4.69) is 15.0 Å². The second-order valence-electron chi connectivity index (χ2n) is 6.58. The van der Waals surface area contributed by atoms with Crippen LogP contribution < -0.4 is 15.2 Å². The highest BCUT2D eigenvalue weighted by Crippen LogP contribution is 2.38. The molecule has 0 radical (unpaired) electrons. The normalized spacial score (nSPS) is 11.1. The number of imidazole rings is 1. The van der Waals surface area contributed by atoms with Gasteiger partial charge >= 0.3 is 0 Å². The van der Waals surface area contributed by atoms with E-state index in [9.17, 15) is 8.78 Å². The van der Waals surface area contributed by atoms with Crippen LogP contribution in [0.15, 0.2) is 52.8 Å². The van der Waals surface area contributed by atoms with E-state index in [1.807, 2.05) is 6.07 Å². The van der Waals surface area contributed by atoms with Crippen molar-refractivity contribution in [1.82, 2.24) is 19.5 Å². The summed E-state index contributed by atoms with van der Waals surface area (Å²) < 4.78 is 39.9. The minimum atomic E-state index is -0.873. The Morgan fingerprint density at radius 1 is 1.10 bits per heavy atom. The third kappa shape index (κ3) is 4.24. The van der Waals surface area contributed by atoms with Crippen molar-refractivity contribution in [2.24, 2.45) is 0 Å². The van der Waals surface area contributed by atoms with Gasteiger partial charge in [0.25, 0.3) is 0 Å². The number of hydrogen-bond acceptors (Lipinski definition) is 7. The summed E-state index contributed by atoms with van der Waals surface area (Å²) in [5.41, 5.74) is 6.70. The Morgan fingerprint density at radius 3 is 2.71 bits per heavy atom. The van der Waals surface area contributed by atoms with Gasteiger partial charge in [-0.1, -0.05) is 12.1 Å². The van der Waals surface area contributed by atoms with Crippen LogP contribution in [0.1, 0.15) is 5.56 Å². The monoisotopic (exact) mass is 443 g/mol. The number of anilines is 1. The van der Waals surface area contributed by atoms with Crippen LogP contribution >= 0.6 is 11.8 Å². The molecule has 10 heteroatoms. The lowest BCUT2D eigenvalue weighted by molar-refractivity contribution is 0.394. The lowest BCUT2D eigenvalue weighted by Gasteiger charge is -2.11. The summed E-state index contributed by atoms with van der Waals surface area (Å²) >= 11 is 1.30. The Kier molecular flexibility index (Phi) is 5.90. The number of nitrogens with zero attached hydrogens (tertiary/aromatic N) is 4. The summed E-state index contributed by atoms with van der Waals surface area (Å²) in [4.78, 5) is 14.0. The smallest absolute Gasteiger partial charge is 0.195 e. The summed E-state index contributed by atoms with van der Waals surface area (Å²) in [5, 5.41) is 0.451. The number of nitrogen functional groups attached to an aromatic ring is 1. The van der Waals surface area contributed by atoms with Crippen molar-refractivity contribution < 1.29 is 18.3 Å². The predicted octanol–water partition coefficient (Wildman–Crippen LogP) is 4.05. The van der Waals surface area contributed by atoms with E-state index in [1.165, 1.54) is 24.2 Å². The number of rotatable bonds is 7. The third-order valence-electron chi connectivity index (χ3n) is 4.70. The molecule has 160 valence electrons. The fourth-order valence-electron chi connectivity index (χ4n) is 3.09. The number of aromatic nitrogens is 4. The second-order valence-corrected chi connectivity index (χ2v) is 7.59. The first-order chi connectivity index (χ1) is 15.0. The van der Waals surface area contributed by atoms with Crippen molar-refractivity contribution in [1.29, 1.82) is 0 Å². The van der Waals surface area contributed by atoms with Crippen LogP contribution in [0.5, 0.6) is 11.5 Å². The minimum absolute atomic E-state index is 0.236. The maximum atomic E-state index is 14.0. The Hall–Kier alpha value is -3.40. The largest absolute Gasteiger partial charge is 0.497 e. The van der Waals surface area contributed by atoms with Gasteiger partial charge in [0, 0.05) is 6.54 Å². The molecule has 2 aromatic carbocycles. The van der Waals surface area contributed by atoms with Gasteiger partial charge in [0.05, 0.1) is 25.4 Å². The van der Waals surface area contributed by atoms with Crippen molar-refractivity contribution in [2.45, 2.75) is 23.0 Å². The molecule has 2 aromatic rings. The molecule has 2 aliphatic heterocycles. The molecule has 7 nitrogen and oxygen atoms in total. The van der Waals surface area contributed by atoms with Gasteiger partial charge in [-0.15, -0.1) is 0 Å². The standard InChI is InChI=1S/C21H19F2N5O2S/c1-29-13-6-7-15(30-2)16(10-13)31-21-26-18-19(24)25-11-28(20(18)27-21)9-8-12-4-3-5-14(22)17(12)23/h3-7,10-11H,8-9,24H2,1-2H3. The van der Waals surface area contributed by atoms with Crippen LogP contribution in [-0.2, 0) is 13.0 Å². The van der Waals surface area contributed by atoms with E-state index in [0.717, 1.165) is 11.0 Å². The van der Waals surface area contributed by atoms with E-state index < -0.39 is 11.6 Å². The molecule has 31 heavy (non-hydrogen) atoms. The van der Waals surface area contributed by atoms with Crippen molar-refractivity contribution in [3.05, 3.63) is 59.9 Å². The summed E-state index contributed by atoms with van der Waals surface area (Å²) in [5.74, 6) is 0.349. The number of benzene rings is 2. The number of methoxy groups -OCH3 is 2. The SMILES string of the molecule is COc1ccc(OC)c(Sc2nc3c(N)ncn(CCc4cccc(F)c4F)c-3n2)c1. The molecule has 2 aliphatic rings. The van der Waals surface area contributed by atoms with Crippen LogP contribution in [0, 0.1) is 11.6 Å². The van der Waals surface area contributed by atoms with Crippen LogP contribution in [-0.4, -0.2) is 33.7 Å². The predicted molar refractivity (Wildman–Crippen MR) is 113 cm³/mol. The third-order valence-corrected chi connectivity index (χ3v) is 5.60. The first-order valence-electron chi connectivity index (χ1n) is 9.31. The minimum Gasteiger partial charge on any atom is -0.497 e. The quantitative estimate of drug-likeness (QED) is 0.461. The number of aryl methyl sites for hydroxylation is 2. The van der Waals surface area contributed by atoms with Crippen molar-refractivity contribution >= 4 is 17.6 Å². The molecule has 0 atom stereocenters. The fourth-order valence-corrected chi connectivity index (χ4v) is 3.98. The summed E-state index contributed by atoms with van der Waals surface area (Å²) in [6.45, 7) is 0.329. The fraction of sp³-hybridized carbons (Fsp3) is 0.190. The zero-order chi connectivity index (χ0) is 22.0. The maximum Gasteiger partial charge on any atom is 0.195 e. The van der Waals surface area contributed by atoms with Crippen molar-refractivity contribution in [3.63, 3.8) is 0 Å². The van der Waals surface area contributed by atoms with Crippen LogP contribution in [0.4, 0.5) is 14.6 Å². The van der Waals surface area contributed by atoms with Gasteiger partial charge in [0.1, 0.15) is 11.5 Å². The Bertz CT molecular complexity index is 1200. The molecule has 0 fully saturated rings. The van der Waals surface area contributed by atoms with Gasteiger partial charge in [0.15, 0.2) is 34.1 Å². The van der Waals surface area contributed by atoms with E-state index in [4.69, 9.17) is 15.2 Å². The molecule has 0 amide bonds. The highest BCUT2D eigenvalue weighted by Gasteiger charge is 2.21. The van der Waals surface area contributed by atoms with Gasteiger partial charge in [-0.2, -0.15) is 0 Å². The Labute approximate surface area is 181 Å². The molecule has 0 unspecified atom stereocenters. The highest BCUT2D eigenvalue weighted by molar-refractivity contribution is 7.99. The van der Waals surface area contributed by atoms with E-state index in [0.29, 0.717) is 34.7 Å². The summed E-state index contributed by atoms with van der Waals surface area (Å²) in [6, 6.07) is 9.54. The summed E-state index contributed by atoms with van der Waals surface area (Å²) in [7, 11) is 3.16. The van der Waals surface area contributed by atoms with Crippen LogP contribution in [0.2, 0.25) is 0 Å². The molecule has 0 saturated carbocycles. The van der Waals surface area contributed by atoms with Crippen molar-refractivity contribution in [2.75, 3.05) is 20.0 Å². The topological polar surface area (TPSA) is 88.1 Å². The average Bonchev–Trinajstić information content (AvgIpc) is 3.20. The molecular formula is C21H19F2N5O2S. The zero-order valence-electron chi connectivity index (χ0n) is 16.8. The van der Waals surface area contributed by atoms with E-state index in [-0.39, 0.29) is 17.8 Å². The average molecular weight is 443 g/mol. The number of halogens is 2. The molecule has 0 bridgehead atoms.